The number of hydrogen-bond donors (Lipinski definition) is 0. The van der Waals surface area contributed by atoms with Crippen molar-refractivity contribution in [3.8, 4) is 0 Å². The van der Waals surface area contributed by atoms with Gasteiger partial charge in [-0.2, -0.15) is 0 Å². The number of carbonyl (C=O) groups is 1. The van der Waals surface area contributed by atoms with Crippen LogP contribution in [0.4, 0.5) is 0 Å². The zero-order valence-corrected chi connectivity index (χ0v) is 15.5. The molecule has 0 aliphatic carbocycles. The summed E-state index contributed by atoms with van der Waals surface area (Å²) in [6, 6.07) is 0. The summed E-state index contributed by atoms with van der Waals surface area (Å²) in [5.41, 5.74) is 0. The van der Waals surface area contributed by atoms with Crippen molar-refractivity contribution in [1.29, 1.82) is 0 Å². The summed E-state index contributed by atoms with van der Waals surface area (Å²) in [5.74, 6) is -0.00683. The molecule has 0 rings (SSSR count). The molecule has 0 bridgehead atoms. The van der Waals surface area contributed by atoms with Crippen molar-refractivity contribution in [1.82, 2.24) is 0 Å². The van der Waals surface area contributed by atoms with E-state index in [2.05, 4.69) is 38.9 Å². The molecule has 0 atom stereocenters. The van der Waals surface area contributed by atoms with Gasteiger partial charge in [-0.3, -0.25) is 0 Å². The Balaban J connectivity index is 3.11. The van der Waals surface area contributed by atoms with Gasteiger partial charge >= 0.3 is 94.0 Å². The predicted molar refractivity (Wildman–Crippen MR) is 92.6 cm³/mol. The molecule has 0 fully saturated rings. The number of hydrogen-bond acceptors (Lipinski definition) is 1. The molecule has 0 aromatic rings. The van der Waals surface area contributed by atoms with E-state index >= 15 is 0 Å². The number of amides is 1. The van der Waals surface area contributed by atoms with E-state index in [1.54, 1.807) is 0 Å². The van der Waals surface area contributed by atoms with Gasteiger partial charge in [0.15, 0.2) is 0 Å². The Morgan fingerprint density at radius 2 is 1.29 bits per heavy atom. The summed E-state index contributed by atoms with van der Waals surface area (Å²) in [4.78, 5) is 10.9. The third-order valence-corrected chi connectivity index (χ3v) is 4.18. The fraction of sp³-hybridized carbons (Fsp3) is 0.833. The summed E-state index contributed by atoms with van der Waals surface area (Å²) in [7, 11) is 0. The first-order valence-electron chi connectivity index (χ1n) is 8.82. The average molecular weight is 358 g/mol. The summed E-state index contributed by atoms with van der Waals surface area (Å²) in [6.07, 6.45) is 22.0. The summed E-state index contributed by atoms with van der Waals surface area (Å²) in [5, 5.41) is 0. The average Bonchev–Trinajstić information content (AvgIpc) is 2.50. The molecule has 0 saturated carbocycles. The van der Waals surface area contributed by atoms with E-state index < -0.39 is 0 Å². The molecule has 0 N–H and O–H groups in total. The molecular weight excluding hydrogens is 325 g/mol. The minimum absolute atomic E-state index is 0.00683. The number of nitrogens with zero attached hydrogens (tertiary/aromatic N) is 1. The van der Waals surface area contributed by atoms with Gasteiger partial charge in [0.2, 0.25) is 0 Å². The fourth-order valence-electron chi connectivity index (χ4n) is 2.39. The van der Waals surface area contributed by atoms with E-state index in [9.17, 15) is 4.79 Å². The van der Waals surface area contributed by atoms with Crippen molar-refractivity contribution < 1.29 is 4.79 Å². The van der Waals surface area contributed by atoms with Crippen molar-refractivity contribution in [3.05, 3.63) is 12.2 Å². The number of carbonyl (C=O) groups excluding carboxylic acids is 1. The van der Waals surface area contributed by atoms with Gasteiger partial charge in [-0.25, -0.2) is 0 Å². The van der Waals surface area contributed by atoms with Crippen molar-refractivity contribution in [2.45, 2.75) is 96.8 Å². The third kappa shape index (κ3) is 17.7. The van der Waals surface area contributed by atoms with E-state index in [1.807, 2.05) is 0 Å². The molecule has 1 amide bonds. The van der Waals surface area contributed by atoms with Crippen molar-refractivity contribution >= 4 is 21.7 Å². The number of rotatable bonds is 15. The zero-order valence-electron chi connectivity index (χ0n) is 13.8. The number of allylic oxidation sites excluding steroid dienone is 2. The van der Waals surface area contributed by atoms with Gasteiger partial charge in [0, 0.05) is 0 Å². The Labute approximate surface area is 139 Å². The van der Waals surface area contributed by atoms with Crippen LogP contribution in [0.25, 0.3) is 0 Å². The summed E-state index contributed by atoms with van der Waals surface area (Å²) < 4.78 is 3.52. The first-order chi connectivity index (χ1) is 10.3. The Kier molecular flexibility index (Phi) is 17.6. The van der Waals surface area contributed by atoms with Crippen LogP contribution in [0.2, 0.25) is 0 Å². The molecule has 0 spiro atoms. The molecule has 0 heterocycles. The quantitative estimate of drug-likeness (QED) is 0.203. The second-order valence-electron chi connectivity index (χ2n) is 5.82. The van der Waals surface area contributed by atoms with Gasteiger partial charge in [0.05, 0.1) is 0 Å². The molecule has 0 aromatic heterocycles. The Morgan fingerprint density at radius 3 is 1.81 bits per heavy atom. The Morgan fingerprint density at radius 1 is 0.810 bits per heavy atom. The second-order valence-corrected chi connectivity index (χ2v) is 6.20. The van der Waals surface area contributed by atoms with Gasteiger partial charge in [0.1, 0.15) is 0 Å². The standard InChI is InChI=1S/C18H33NOSe/c1-2-3-4-5-6-7-8-9-10-11-12-13-14-15-16-17-18(20)19-21/h9-10H,2-8,11-17H2,1H3. The number of unbranched alkanes of at least 4 members (excludes halogenated alkanes) is 11. The van der Waals surface area contributed by atoms with Gasteiger partial charge in [-0.1, -0.05) is 39.0 Å². The van der Waals surface area contributed by atoms with E-state index in [1.165, 1.54) is 70.6 Å². The molecule has 122 valence electrons. The van der Waals surface area contributed by atoms with Crippen molar-refractivity contribution in [2.75, 3.05) is 0 Å². The molecule has 0 aliphatic heterocycles. The zero-order chi connectivity index (χ0) is 15.6. The third-order valence-electron chi connectivity index (χ3n) is 3.75. The predicted octanol–water partition coefficient (Wildman–Crippen LogP) is 5.90. The van der Waals surface area contributed by atoms with Crippen LogP contribution in [-0.2, 0) is 4.79 Å². The van der Waals surface area contributed by atoms with E-state index in [0.29, 0.717) is 6.42 Å². The first-order valence-corrected chi connectivity index (χ1v) is 9.59. The Bertz CT molecular complexity index is 276. The maximum absolute atomic E-state index is 10.9. The second kappa shape index (κ2) is 17.8. The molecule has 0 radical (unpaired) electrons. The topological polar surface area (TPSA) is 29.4 Å². The van der Waals surface area contributed by atoms with Crippen LogP contribution < -0.4 is 0 Å². The SMILES string of the molecule is CCCCCCCCC=CCCCCCCCC(=O)N=[Se]. The van der Waals surface area contributed by atoms with Crippen LogP contribution in [0.15, 0.2) is 16.1 Å². The van der Waals surface area contributed by atoms with Gasteiger partial charge in [0.25, 0.3) is 0 Å². The first kappa shape index (κ1) is 20.7. The molecule has 3 heteroatoms. The van der Waals surface area contributed by atoms with E-state index in [4.69, 9.17) is 0 Å². The van der Waals surface area contributed by atoms with Crippen molar-refractivity contribution in [2.24, 2.45) is 3.96 Å². The molecule has 0 aliphatic rings. The van der Waals surface area contributed by atoms with Crippen LogP contribution in [0.3, 0.4) is 0 Å². The van der Waals surface area contributed by atoms with Crippen LogP contribution in [0.5, 0.6) is 0 Å². The molecule has 0 saturated heterocycles. The van der Waals surface area contributed by atoms with Crippen LogP contribution in [0, 0.1) is 0 Å². The molecule has 0 unspecified atom stereocenters. The Hall–Kier alpha value is -0.271. The minimum atomic E-state index is -0.00683. The monoisotopic (exact) mass is 359 g/mol. The van der Waals surface area contributed by atoms with Crippen LogP contribution >= 0.6 is 0 Å². The van der Waals surface area contributed by atoms with Crippen LogP contribution in [0.1, 0.15) is 96.8 Å². The maximum atomic E-state index is 10.9. The van der Waals surface area contributed by atoms with E-state index in [0.717, 1.165) is 12.8 Å². The van der Waals surface area contributed by atoms with Crippen LogP contribution in [-0.4, -0.2) is 21.7 Å². The summed E-state index contributed by atoms with van der Waals surface area (Å²) in [6.45, 7) is 2.27. The van der Waals surface area contributed by atoms with Gasteiger partial charge in [-0.15, -0.1) is 0 Å². The fourth-order valence-corrected chi connectivity index (χ4v) is 2.58. The molecule has 2 nitrogen and oxygen atoms in total. The summed E-state index contributed by atoms with van der Waals surface area (Å²) >= 11 is 2.41. The van der Waals surface area contributed by atoms with Gasteiger partial charge < -0.3 is 0 Å². The molecule has 21 heavy (non-hydrogen) atoms. The van der Waals surface area contributed by atoms with Crippen molar-refractivity contribution in [3.63, 3.8) is 0 Å². The normalized spacial score (nSPS) is 11.1. The molecule has 0 aromatic carbocycles. The van der Waals surface area contributed by atoms with Gasteiger partial charge in [-0.05, 0) is 6.42 Å². The van der Waals surface area contributed by atoms with E-state index in [-0.39, 0.29) is 5.91 Å². The molecular formula is C18H33NOSe.